The predicted octanol–water partition coefficient (Wildman–Crippen LogP) is 3.00. The Labute approximate surface area is 194 Å². The minimum atomic E-state index is 0.0593. The summed E-state index contributed by atoms with van der Waals surface area (Å²) in [5.41, 5.74) is 3.21. The molecule has 0 radical (unpaired) electrons. The van der Waals surface area contributed by atoms with E-state index in [1.165, 1.54) is 0 Å². The van der Waals surface area contributed by atoms with E-state index >= 15 is 0 Å². The summed E-state index contributed by atoms with van der Waals surface area (Å²) in [6.45, 7) is 9.98. The number of rotatable bonds is 11. The maximum absolute atomic E-state index is 11.6. The van der Waals surface area contributed by atoms with E-state index in [-0.39, 0.29) is 5.78 Å². The minimum Gasteiger partial charge on any atom is -0.463 e. The van der Waals surface area contributed by atoms with E-state index in [0.717, 1.165) is 69.0 Å². The van der Waals surface area contributed by atoms with Crippen LogP contribution in [0.5, 0.6) is 6.01 Å². The third kappa shape index (κ3) is 6.06. The van der Waals surface area contributed by atoms with Crippen LogP contribution in [-0.2, 0) is 11.3 Å². The fraction of sp³-hybridized carbons (Fsp3) is 0.500. The first-order chi connectivity index (χ1) is 16.1. The van der Waals surface area contributed by atoms with Gasteiger partial charge in [-0.25, -0.2) is 4.98 Å². The third-order valence-electron chi connectivity index (χ3n) is 5.71. The molecule has 0 saturated carbocycles. The minimum absolute atomic E-state index is 0.0593. The number of anilines is 1. The molecule has 3 aromatic rings. The van der Waals surface area contributed by atoms with Crippen LogP contribution >= 0.6 is 0 Å². The van der Waals surface area contributed by atoms with Crippen molar-refractivity contribution in [2.45, 2.75) is 33.2 Å². The molecule has 1 saturated heterocycles. The highest BCUT2D eigenvalue weighted by Gasteiger charge is 2.16. The predicted molar refractivity (Wildman–Crippen MR) is 127 cm³/mol. The molecule has 1 aromatic carbocycles. The van der Waals surface area contributed by atoms with Gasteiger partial charge in [0.2, 0.25) is 0 Å². The van der Waals surface area contributed by atoms with E-state index in [2.05, 4.69) is 32.1 Å². The zero-order valence-electron chi connectivity index (χ0n) is 19.4. The number of Topliss-reactive ketones (excluding diaryl/α,β-unsaturated/α-hetero) is 1. The Morgan fingerprint density at radius 3 is 2.70 bits per heavy atom. The first kappa shape index (κ1) is 23.1. The van der Waals surface area contributed by atoms with Crippen molar-refractivity contribution < 1.29 is 14.3 Å². The second kappa shape index (κ2) is 11.2. The molecule has 0 atom stereocenters. The van der Waals surface area contributed by atoms with E-state index in [9.17, 15) is 4.79 Å². The van der Waals surface area contributed by atoms with Gasteiger partial charge in [-0.2, -0.15) is 9.97 Å². The molecule has 1 aliphatic heterocycles. The maximum atomic E-state index is 11.6. The summed E-state index contributed by atoms with van der Waals surface area (Å²) in [7, 11) is 0. The van der Waals surface area contributed by atoms with Crippen LogP contribution in [0.15, 0.2) is 30.6 Å². The lowest BCUT2D eigenvalue weighted by Crippen LogP contribution is -2.39. The third-order valence-corrected chi connectivity index (χ3v) is 5.71. The van der Waals surface area contributed by atoms with Crippen molar-refractivity contribution in [3.63, 3.8) is 0 Å². The number of fused-ring (bicyclic) bond motifs is 1. The number of aromatic nitrogens is 4. The molecule has 0 bridgehead atoms. The molecule has 3 heterocycles. The van der Waals surface area contributed by atoms with Crippen molar-refractivity contribution >= 4 is 22.8 Å². The molecule has 176 valence electrons. The summed E-state index contributed by atoms with van der Waals surface area (Å²) >= 11 is 0. The first-order valence-corrected chi connectivity index (χ1v) is 11.6. The fourth-order valence-corrected chi connectivity index (χ4v) is 3.73. The summed E-state index contributed by atoms with van der Waals surface area (Å²) < 4.78 is 13.3. The van der Waals surface area contributed by atoms with Gasteiger partial charge in [-0.15, -0.1) is 0 Å². The van der Waals surface area contributed by atoms with Crippen molar-refractivity contribution in [2.75, 3.05) is 51.3 Å². The molecule has 1 aliphatic rings. The van der Waals surface area contributed by atoms with Gasteiger partial charge in [0.25, 0.3) is 0 Å². The fourth-order valence-electron chi connectivity index (χ4n) is 3.73. The monoisotopic (exact) mass is 452 g/mol. The quantitative estimate of drug-likeness (QED) is 0.351. The van der Waals surface area contributed by atoms with Crippen molar-refractivity contribution in [1.29, 1.82) is 0 Å². The Balaban J connectivity index is 1.54. The molecule has 0 spiro atoms. The standard InChI is InChI=1S/C24H32N6O3/c1-3-4-13-33-24-27-22(25-9-10-29-11-14-32-15-12-29)21-23(28-24)30(17-26-21)16-19-5-7-20(8-6-19)18(2)31/h5-8,17H,3-4,9-16H2,1-2H3,(H,25,27,28). The van der Waals surface area contributed by atoms with Crippen molar-refractivity contribution in [1.82, 2.24) is 24.4 Å². The lowest BCUT2D eigenvalue weighted by Gasteiger charge is -2.26. The van der Waals surface area contributed by atoms with Crippen LogP contribution in [0.25, 0.3) is 11.2 Å². The van der Waals surface area contributed by atoms with Crippen molar-refractivity contribution in [2.24, 2.45) is 0 Å². The Kier molecular flexibility index (Phi) is 7.85. The number of morpholine rings is 1. The van der Waals surface area contributed by atoms with Gasteiger partial charge < -0.3 is 19.4 Å². The average molecular weight is 453 g/mol. The Morgan fingerprint density at radius 2 is 1.97 bits per heavy atom. The lowest BCUT2D eigenvalue weighted by molar-refractivity contribution is 0.0398. The van der Waals surface area contributed by atoms with Gasteiger partial charge in [-0.3, -0.25) is 9.69 Å². The van der Waals surface area contributed by atoms with E-state index in [4.69, 9.17) is 9.47 Å². The zero-order valence-corrected chi connectivity index (χ0v) is 19.4. The number of ether oxygens (including phenoxy) is 2. The first-order valence-electron chi connectivity index (χ1n) is 11.6. The molecule has 1 fully saturated rings. The molecule has 9 heteroatoms. The highest BCUT2D eigenvalue weighted by Crippen LogP contribution is 2.23. The summed E-state index contributed by atoms with van der Waals surface area (Å²) in [4.78, 5) is 27.8. The SMILES string of the molecule is CCCCOc1nc(NCCN2CCOCC2)c2ncn(Cc3ccc(C(C)=O)cc3)c2n1. The Hall–Kier alpha value is -3.04. The highest BCUT2D eigenvalue weighted by atomic mass is 16.5. The molecule has 2 aromatic heterocycles. The van der Waals surface area contributed by atoms with Gasteiger partial charge in [0.05, 0.1) is 32.7 Å². The number of carbonyl (C=O) groups excluding carboxylic acids is 1. The molecule has 33 heavy (non-hydrogen) atoms. The molecular formula is C24H32N6O3. The summed E-state index contributed by atoms with van der Waals surface area (Å²) in [5.74, 6) is 0.745. The molecule has 0 unspecified atom stereocenters. The van der Waals surface area contributed by atoms with Gasteiger partial charge in [-0.1, -0.05) is 37.6 Å². The molecule has 0 aliphatic carbocycles. The topological polar surface area (TPSA) is 94.4 Å². The summed E-state index contributed by atoms with van der Waals surface area (Å²) in [6.07, 6.45) is 3.77. The lowest BCUT2D eigenvalue weighted by atomic mass is 10.1. The largest absolute Gasteiger partial charge is 0.463 e. The molecule has 9 nitrogen and oxygen atoms in total. The van der Waals surface area contributed by atoms with Crippen LogP contribution in [0.2, 0.25) is 0 Å². The number of hydrogen-bond acceptors (Lipinski definition) is 8. The molecular weight excluding hydrogens is 420 g/mol. The van der Waals surface area contributed by atoms with Gasteiger partial charge in [0.1, 0.15) is 0 Å². The van der Waals surface area contributed by atoms with Crippen molar-refractivity contribution in [3.8, 4) is 6.01 Å². The normalized spacial score (nSPS) is 14.5. The maximum Gasteiger partial charge on any atom is 0.320 e. The molecule has 1 N–H and O–H groups in total. The van der Waals surface area contributed by atoms with Crippen LogP contribution < -0.4 is 10.1 Å². The van der Waals surface area contributed by atoms with Gasteiger partial charge in [-0.05, 0) is 18.9 Å². The summed E-state index contributed by atoms with van der Waals surface area (Å²) in [5, 5.41) is 3.44. The van der Waals surface area contributed by atoms with Gasteiger partial charge in [0.15, 0.2) is 22.8 Å². The number of benzene rings is 1. The van der Waals surface area contributed by atoms with E-state index in [1.54, 1.807) is 13.3 Å². The highest BCUT2D eigenvalue weighted by molar-refractivity contribution is 5.94. The van der Waals surface area contributed by atoms with Gasteiger partial charge >= 0.3 is 6.01 Å². The number of nitrogens with one attached hydrogen (secondary N) is 1. The average Bonchev–Trinajstić information content (AvgIpc) is 3.23. The molecule has 4 rings (SSSR count). The second-order valence-corrected chi connectivity index (χ2v) is 8.24. The number of imidazole rings is 1. The number of nitrogens with zero attached hydrogens (tertiary/aromatic N) is 5. The smallest absolute Gasteiger partial charge is 0.320 e. The Bertz CT molecular complexity index is 1060. The summed E-state index contributed by atoms with van der Waals surface area (Å²) in [6, 6.07) is 7.99. The van der Waals surface area contributed by atoms with E-state index in [1.807, 2.05) is 28.8 Å². The number of ketones is 1. The zero-order chi connectivity index (χ0) is 23.0. The van der Waals surface area contributed by atoms with Crippen LogP contribution in [-0.4, -0.2) is 76.2 Å². The Morgan fingerprint density at radius 1 is 1.18 bits per heavy atom. The van der Waals surface area contributed by atoms with Crippen LogP contribution in [0.4, 0.5) is 5.82 Å². The van der Waals surface area contributed by atoms with Crippen LogP contribution in [0, 0.1) is 0 Å². The number of unbranched alkanes of at least 4 members (excludes halogenated alkanes) is 1. The molecule has 0 amide bonds. The van der Waals surface area contributed by atoms with Crippen molar-refractivity contribution in [3.05, 3.63) is 41.7 Å². The van der Waals surface area contributed by atoms with Crippen LogP contribution in [0.1, 0.15) is 42.6 Å². The van der Waals surface area contributed by atoms with Crippen LogP contribution in [0.3, 0.4) is 0 Å². The van der Waals surface area contributed by atoms with E-state index < -0.39 is 0 Å². The van der Waals surface area contributed by atoms with Gasteiger partial charge in [0, 0.05) is 31.7 Å². The second-order valence-electron chi connectivity index (χ2n) is 8.24. The van der Waals surface area contributed by atoms with E-state index in [0.29, 0.717) is 30.5 Å². The number of hydrogen-bond donors (Lipinski definition) is 1. The number of carbonyl (C=O) groups is 1.